The molecule has 0 saturated heterocycles. The van der Waals surface area contributed by atoms with Crippen LogP contribution in [0.15, 0.2) is 0 Å². The SMILES string of the molecule is CCCCCCCCCCCCCCC(O)C(CO)NC(=O)CCCCCCCCCCCCCCCCCCCCCCCOC(=O)CCCCCCCCCCCCC. The molecule has 0 aliphatic heterocycles. The largest absolute Gasteiger partial charge is 0.466 e. The van der Waals surface area contributed by atoms with Crippen LogP contribution in [-0.4, -0.2) is 47.4 Å². The number of unbranched alkanes of at least 4 members (excludes halogenated alkanes) is 41. The van der Waals surface area contributed by atoms with Gasteiger partial charge in [0.05, 0.1) is 25.4 Å². The molecule has 3 N–H and O–H groups in total. The first-order valence-corrected chi connectivity index (χ1v) is 27.8. The van der Waals surface area contributed by atoms with Crippen molar-refractivity contribution in [3.63, 3.8) is 0 Å². The number of carbonyl (C=O) groups is 2. The van der Waals surface area contributed by atoms with Gasteiger partial charge >= 0.3 is 5.97 Å². The van der Waals surface area contributed by atoms with E-state index in [4.69, 9.17) is 4.74 Å². The van der Waals surface area contributed by atoms with E-state index >= 15 is 0 Å². The second-order valence-electron chi connectivity index (χ2n) is 19.3. The molecule has 2 atom stereocenters. The fraction of sp³-hybridized carbons (Fsp3) is 0.964. The monoisotopic (exact) mass is 864 g/mol. The summed E-state index contributed by atoms with van der Waals surface area (Å²) in [5.74, 6) is -0.0226. The molecule has 1 amide bonds. The Labute approximate surface area is 381 Å². The molecule has 6 heteroatoms. The first kappa shape index (κ1) is 59.9. The minimum absolute atomic E-state index is 0.0122. The normalized spacial score (nSPS) is 12.5. The Morgan fingerprint density at radius 3 is 1.00 bits per heavy atom. The Hall–Kier alpha value is -1.14. The number of aliphatic hydroxyl groups excluding tert-OH is 2. The van der Waals surface area contributed by atoms with Crippen LogP contribution in [0.4, 0.5) is 0 Å². The summed E-state index contributed by atoms with van der Waals surface area (Å²) in [6.07, 6.45) is 58.0. The maximum atomic E-state index is 12.4. The van der Waals surface area contributed by atoms with Gasteiger partial charge in [0, 0.05) is 12.8 Å². The van der Waals surface area contributed by atoms with Gasteiger partial charge in [0.25, 0.3) is 0 Å². The predicted octanol–water partition coefficient (Wildman–Crippen LogP) is 16.7. The molecular weight excluding hydrogens is 755 g/mol. The molecule has 0 aliphatic rings. The van der Waals surface area contributed by atoms with Gasteiger partial charge in [-0.3, -0.25) is 9.59 Å². The summed E-state index contributed by atoms with van der Waals surface area (Å²) in [6, 6.07) is -0.539. The van der Waals surface area contributed by atoms with E-state index in [0.717, 1.165) is 38.5 Å². The molecule has 0 aromatic heterocycles. The van der Waals surface area contributed by atoms with Gasteiger partial charge in [0.1, 0.15) is 0 Å². The van der Waals surface area contributed by atoms with Crippen molar-refractivity contribution in [2.45, 2.75) is 328 Å². The minimum atomic E-state index is -0.662. The molecule has 0 fully saturated rings. The Kier molecular flexibility index (Phi) is 50.5. The lowest BCUT2D eigenvalue weighted by Crippen LogP contribution is -2.45. The molecule has 61 heavy (non-hydrogen) atoms. The number of carbonyl (C=O) groups excluding carboxylic acids is 2. The number of nitrogens with one attached hydrogen (secondary N) is 1. The molecule has 0 radical (unpaired) electrons. The van der Waals surface area contributed by atoms with Crippen LogP contribution >= 0.6 is 0 Å². The molecule has 0 rings (SSSR count). The second kappa shape index (κ2) is 51.5. The predicted molar refractivity (Wildman–Crippen MR) is 264 cm³/mol. The average molecular weight is 864 g/mol. The number of esters is 1. The van der Waals surface area contributed by atoms with E-state index in [9.17, 15) is 19.8 Å². The first-order valence-electron chi connectivity index (χ1n) is 27.8. The molecule has 0 aromatic carbocycles. The zero-order valence-electron chi connectivity index (χ0n) is 41.4. The molecule has 0 aliphatic carbocycles. The maximum Gasteiger partial charge on any atom is 0.305 e. The van der Waals surface area contributed by atoms with Crippen LogP contribution < -0.4 is 5.32 Å². The summed E-state index contributed by atoms with van der Waals surface area (Å²) in [5, 5.41) is 23.2. The van der Waals surface area contributed by atoms with Crippen LogP contribution in [0.1, 0.15) is 316 Å². The van der Waals surface area contributed by atoms with Crippen molar-refractivity contribution >= 4 is 11.9 Å². The van der Waals surface area contributed by atoms with Crippen molar-refractivity contribution in [2.24, 2.45) is 0 Å². The highest BCUT2D eigenvalue weighted by Gasteiger charge is 2.20. The number of hydrogen-bond donors (Lipinski definition) is 3. The quantitative estimate of drug-likeness (QED) is 0.0418. The summed E-state index contributed by atoms with van der Waals surface area (Å²) in [5.41, 5.74) is 0. The van der Waals surface area contributed by atoms with Crippen LogP contribution in [-0.2, 0) is 14.3 Å². The zero-order valence-corrected chi connectivity index (χ0v) is 41.4. The molecule has 364 valence electrons. The van der Waals surface area contributed by atoms with Crippen molar-refractivity contribution < 1.29 is 24.5 Å². The average Bonchev–Trinajstić information content (AvgIpc) is 3.26. The van der Waals surface area contributed by atoms with Crippen LogP contribution in [0.25, 0.3) is 0 Å². The van der Waals surface area contributed by atoms with E-state index in [-0.39, 0.29) is 18.5 Å². The van der Waals surface area contributed by atoms with E-state index in [1.54, 1.807) is 0 Å². The third kappa shape index (κ3) is 48.2. The topological polar surface area (TPSA) is 95.9 Å². The third-order valence-corrected chi connectivity index (χ3v) is 13.2. The summed E-state index contributed by atoms with van der Waals surface area (Å²) < 4.78 is 5.46. The minimum Gasteiger partial charge on any atom is -0.466 e. The Balaban J connectivity index is 3.36. The third-order valence-electron chi connectivity index (χ3n) is 13.2. The highest BCUT2D eigenvalue weighted by Crippen LogP contribution is 2.18. The van der Waals surface area contributed by atoms with Gasteiger partial charge in [-0.05, 0) is 25.7 Å². The second-order valence-corrected chi connectivity index (χ2v) is 19.3. The number of rotatable bonds is 52. The molecule has 6 nitrogen and oxygen atoms in total. The van der Waals surface area contributed by atoms with Crippen LogP contribution in [0.3, 0.4) is 0 Å². The van der Waals surface area contributed by atoms with Gasteiger partial charge in [-0.1, -0.05) is 277 Å². The van der Waals surface area contributed by atoms with Gasteiger partial charge in [-0.25, -0.2) is 0 Å². The highest BCUT2D eigenvalue weighted by atomic mass is 16.5. The molecule has 0 bridgehead atoms. The number of ether oxygens (including phenoxy) is 1. The molecule has 0 saturated carbocycles. The molecule has 2 unspecified atom stereocenters. The molecule has 0 aromatic rings. The standard InChI is InChI=1S/C55H109NO5/c1-3-5-7-9-11-13-15-28-31-35-39-43-47-53(58)52(51-57)56-54(59)48-44-40-36-32-29-25-23-21-19-17-16-18-20-22-24-26-30-34-38-42-46-50-61-55(60)49-45-41-37-33-27-14-12-10-8-6-4-2/h52-53,57-58H,3-51H2,1-2H3,(H,56,59). The lowest BCUT2D eigenvalue weighted by molar-refractivity contribution is -0.143. The van der Waals surface area contributed by atoms with Crippen LogP contribution in [0, 0.1) is 0 Å². The van der Waals surface area contributed by atoms with E-state index in [2.05, 4.69) is 19.2 Å². The van der Waals surface area contributed by atoms with Gasteiger partial charge in [-0.15, -0.1) is 0 Å². The van der Waals surface area contributed by atoms with E-state index < -0.39 is 12.1 Å². The number of hydrogen-bond acceptors (Lipinski definition) is 5. The Bertz CT molecular complexity index is 867. The van der Waals surface area contributed by atoms with Gasteiger partial charge in [0.2, 0.25) is 5.91 Å². The fourth-order valence-electron chi connectivity index (χ4n) is 8.88. The molecule has 0 spiro atoms. The molecule has 0 heterocycles. The number of aliphatic hydroxyl groups is 2. The van der Waals surface area contributed by atoms with Gasteiger partial charge in [-0.2, -0.15) is 0 Å². The van der Waals surface area contributed by atoms with Crippen molar-refractivity contribution in [3.8, 4) is 0 Å². The summed E-state index contributed by atoms with van der Waals surface area (Å²) in [4.78, 5) is 24.4. The zero-order chi connectivity index (χ0) is 44.4. The van der Waals surface area contributed by atoms with E-state index in [1.165, 1.54) is 244 Å². The van der Waals surface area contributed by atoms with Crippen molar-refractivity contribution in [1.29, 1.82) is 0 Å². The highest BCUT2D eigenvalue weighted by molar-refractivity contribution is 5.76. The smallest absolute Gasteiger partial charge is 0.305 e. The van der Waals surface area contributed by atoms with Crippen molar-refractivity contribution in [1.82, 2.24) is 5.32 Å². The van der Waals surface area contributed by atoms with E-state index in [1.807, 2.05) is 0 Å². The summed E-state index contributed by atoms with van der Waals surface area (Å²) in [6.45, 7) is 4.96. The summed E-state index contributed by atoms with van der Waals surface area (Å²) >= 11 is 0. The number of amides is 1. The first-order chi connectivity index (χ1) is 30.0. The Morgan fingerprint density at radius 2 is 0.672 bits per heavy atom. The van der Waals surface area contributed by atoms with Crippen LogP contribution in [0.2, 0.25) is 0 Å². The summed E-state index contributed by atoms with van der Waals surface area (Å²) in [7, 11) is 0. The lowest BCUT2D eigenvalue weighted by Gasteiger charge is -2.22. The van der Waals surface area contributed by atoms with Gasteiger partial charge < -0.3 is 20.3 Å². The van der Waals surface area contributed by atoms with Crippen molar-refractivity contribution in [2.75, 3.05) is 13.2 Å². The lowest BCUT2D eigenvalue weighted by atomic mass is 10.0. The van der Waals surface area contributed by atoms with Crippen molar-refractivity contribution in [3.05, 3.63) is 0 Å². The van der Waals surface area contributed by atoms with Gasteiger partial charge in [0.15, 0.2) is 0 Å². The Morgan fingerprint density at radius 1 is 0.393 bits per heavy atom. The maximum absolute atomic E-state index is 12.4. The van der Waals surface area contributed by atoms with E-state index in [0.29, 0.717) is 25.9 Å². The van der Waals surface area contributed by atoms with Crippen LogP contribution in [0.5, 0.6) is 0 Å². The fourth-order valence-corrected chi connectivity index (χ4v) is 8.88. The molecular formula is C55H109NO5.